The highest BCUT2D eigenvalue weighted by atomic mass is 32.1. The summed E-state index contributed by atoms with van der Waals surface area (Å²) in [5.41, 5.74) is 3.51. The molecule has 6 heteroatoms. The minimum absolute atomic E-state index is 0.0150. The smallest absolute Gasteiger partial charge is 0.187 e. The van der Waals surface area contributed by atoms with Crippen LogP contribution in [0.4, 0.5) is 0 Å². The molecule has 0 radical (unpaired) electrons. The molecular weight excluding hydrogens is 322 g/mol. The zero-order valence-corrected chi connectivity index (χ0v) is 15.2. The molecule has 2 aliphatic carbocycles. The van der Waals surface area contributed by atoms with Crippen molar-refractivity contribution < 1.29 is 10.2 Å². The Morgan fingerprint density at radius 3 is 2.58 bits per heavy atom. The number of fused-ring (bicyclic) bond motifs is 2. The van der Waals surface area contributed by atoms with Gasteiger partial charge in [-0.2, -0.15) is 5.10 Å². The van der Waals surface area contributed by atoms with Crippen LogP contribution in [0.15, 0.2) is 23.3 Å². The molecule has 2 bridgehead atoms. The highest BCUT2D eigenvalue weighted by Crippen LogP contribution is 2.61. The van der Waals surface area contributed by atoms with Crippen LogP contribution < -0.4 is 10.7 Å². The third kappa shape index (κ3) is 2.73. The lowest BCUT2D eigenvalue weighted by molar-refractivity contribution is 0.0833. The summed E-state index contributed by atoms with van der Waals surface area (Å²) in [4.78, 5) is 0. The summed E-state index contributed by atoms with van der Waals surface area (Å²) in [5, 5.41) is 27.1. The van der Waals surface area contributed by atoms with E-state index in [2.05, 4.69) is 36.6 Å². The highest BCUT2D eigenvalue weighted by Gasteiger charge is 2.60. The zero-order valence-electron chi connectivity index (χ0n) is 14.3. The summed E-state index contributed by atoms with van der Waals surface area (Å²) in [7, 11) is 0. The molecule has 0 heterocycles. The van der Waals surface area contributed by atoms with Gasteiger partial charge in [0.15, 0.2) is 5.11 Å². The Bertz CT molecular complexity index is 689. The molecule has 2 saturated carbocycles. The van der Waals surface area contributed by atoms with E-state index in [0.717, 1.165) is 5.92 Å². The van der Waals surface area contributed by atoms with Gasteiger partial charge in [0.05, 0.1) is 6.21 Å². The lowest BCUT2D eigenvalue weighted by Gasteiger charge is -2.48. The van der Waals surface area contributed by atoms with E-state index in [1.807, 2.05) is 0 Å². The third-order valence-corrected chi connectivity index (χ3v) is 6.56. The predicted octanol–water partition coefficient (Wildman–Crippen LogP) is 3.11. The molecule has 24 heavy (non-hydrogen) atoms. The average molecular weight is 347 g/mol. The number of nitrogens with one attached hydrogen (secondary N) is 2. The molecule has 0 amide bonds. The maximum Gasteiger partial charge on any atom is 0.187 e. The van der Waals surface area contributed by atoms with E-state index >= 15 is 0 Å². The van der Waals surface area contributed by atoms with E-state index in [1.165, 1.54) is 37.6 Å². The third-order valence-electron chi connectivity index (χ3n) is 6.37. The van der Waals surface area contributed by atoms with Crippen molar-refractivity contribution in [3.63, 3.8) is 0 Å². The number of rotatable bonds is 3. The number of benzene rings is 1. The average Bonchev–Trinajstić information content (AvgIpc) is 3.05. The van der Waals surface area contributed by atoms with E-state index in [1.54, 1.807) is 6.07 Å². The number of hydrogen-bond donors (Lipinski definition) is 4. The second kappa shape index (κ2) is 5.92. The SMILES string of the molecule is CC1(C)[C@H]2CC[C@@H](C2)[C@@]1(C)NC(=S)N/N=C/c1ccc(O)cc1O. The van der Waals surface area contributed by atoms with Crippen molar-refractivity contribution in [1.82, 2.24) is 10.7 Å². The number of phenolic OH excluding ortho intramolecular Hbond substituents is 2. The van der Waals surface area contributed by atoms with Gasteiger partial charge >= 0.3 is 0 Å². The first kappa shape index (κ1) is 17.0. The Labute approximate surface area is 148 Å². The van der Waals surface area contributed by atoms with E-state index < -0.39 is 0 Å². The Morgan fingerprint density at radius 1 is 1.25 bits per heavy atom. The molecule has 0 aliphatic heterocycles. The van der Waals surface area contributed by atoms with Gasteiger partial charge in [-0.25, -0.2) is 0 Å². The first-order valence-corrected chi connectivity index (χ1v) is 8.78. The van der Waals surface area contributed by atoms with Crippen LogP contribution >= 0.6 is 12.2 Å². The summed E-state index contributed by atoms with van der Waals surface area (Å²) in [6.07, 6.45) is 5.32. The second-order valence-corrected chi connectivity index (χ2v) is 8.11. The van der Waals surface area contributed by atoms with Gasteiger partial charge < -0.3 is 15.5 Å². The van der Waals surface area contributed by atoms with Crippen molar-refractivity contribution in [3.05, 3.63) is 23.8 Å². The lowest BCUT2D eigenvalue weighted by Crippen LogP contribution is -2.60. The lowest BCUT2D eigenvalue weighted by atomic mass is 9.64. The monoisotopic (exact) mass is 347 g/mol. The standard InChI is InChI=1S/C18H25N3O2S/c1-17(2)12-5-6-13(8-12)18(17,3)20-16(24)21-19-10-11-4-7-14(22)9-15(11)23/h4,7,9-10,12-13,22-23H,5-6,8H2,1-3H3,(H2,20,21,24)/b19-10+/t12-,13-,18+/m0/s1. The second-order valence-electron chi connectivity index (χ2n) is 7.70. The Balaban J connectivity index is 1.63. The molecule has 130 valence electrons. The van der Waals surface area contributed by atoms with Gasteiger partial charge in [-0.05, 0) is 67.8 Å². The zero-order chi connectivity index (χ0) is 17.5. The first-order valence-electron chi connectivity index (χ1n) is 8.37. The van der Waals surface area contributed by atoms with Crippen LogP contribution in [0, 0.1) is 17.3 Å². The molecule has 0 unspecified atom stereocenters. The molecule has 5 nitrogen and oxygen atoms in total. The topological polar surface area (TPSA) is 76.9 Å². The largest absolute Gasteiger partial charge is 0.508 e. The predicted molar refractivity (Wildman–Crippen MR) is 99.3 cm³/mol. The summed E-state index contributed by atoms with van der Waals surface area (Å²) in [6.45, 7) is 6.91. The number of thiocarbonyl (C=S) groups is 1. The van der Waals surface area contributed by atoms with Gasteiger partial charge in [0.2, 0.25) is 0 Å². The minimum Gasteiger partial charge on any atom is -0.508 e. The normalized spacial score (nSPS) is 30.6. The van der Waals surface area contributed by atoms with E-state index in [0.29, 0.717) is 16.6 Å². The molecule has 0 saturated heterocycles. The Kier molecular flexibility index (Phi) is 4.20. The van der Waals surface area contributed by atoms with E-state index in [9.17, 15) is 10.2 Å². The maximum absolute atomic E-state index is 9.74. The molecule has 0 spiro atoms. The fourth-order valence-electron chi connectivity index (χ4n) is 4.44. The van der Waals surface area contributed by atoms with Crippen LogP contribution in [0.5, 0.6) is 11.5 Å². The molecule has 1 aromatic carbocycles. The van der Waals surface area contributed by atoms with Gasteiger partial charge in [-0.1, -0.05) is 13.8 Å². The van der Waals surface area contributed by atoms with E-state index in [-0.39, 0.29) is 22.5 Å². The Morgan fingerprint density at radius 2 is 1.96 bits per heavy atom. The molecule has 2 fully saturated rings. The van der Waals surface area contributed by atoms with Crippen LogP contribution in [0.1, 0.15) is 45.6 Å². The Hall–Kier alpha value is -1.82. The fraction of sp³-hybridized carbons (Fsp3) is 0.556. The van der Waals surface area contributed by atoms with Crippen molar-refractivity contribution in [2.75, 3.05) is 0 Å². The summed E-state index contributed by atoms with van der Waals surface area (Å²) < 4.78 is 0. The van der Waals surface area contributed by atoms with Crippen molar-refractivity contribution in [1.29, 1.82) is 0 Å². The molecule has 3 rings (SSSR count). The number of hydrazone groups is 1. The quantitative estimate of drug-likeness (QED) is 0.384. The maximum atomic E-state index is 9.74. The molecule has 1 aromatic rings. The van der Waals surface area contributed by atoms with Crippen molar-refractivity contribution in [2.45, 2.75) is 45.6 Å². The summed E-state index contributed by atoms with van der Waals surface area (Å²) in [6, 6.07) is 4.36. The molecule has 4 N–H and O–H groups in total. The van der Waals surface area contributed by atoms with Gasteiger partial charge in [-0.15, -0.1) is 0 Å². The van der Waals surface area contributed by atoms with Crippen molar-refractivity contribution in [2.24, 2.45) is 22.4 Å². The van der Waals surface area contributed by atoms with Crippen LogP contribution in [-0.4, -0.2) is 27.1 Å². The first-order chi connectivity index (χ1) is 11.2. The number of aromatic hydroxyl groups is 2. The van der Waals surface area contributed by atoms with Crippen molar-refractivity contribution >= 4 is 23.5 Å². The van der Waals surface area contributed by atoms with Crippen LogP contribution in [0.3, 0.4) is 0 Å². The van der Waals surface area contributed by atoms with Gasteiger partial charge in [0.25, 0.3) is 0 Å². The van der Waals surface area contributed by atoms with Gasteiger partial charge in [0, 0.05) is 17.2 Å². The number of nitrogens with zero attached hydrogens (tertiary/aromatic N) is 1. The summed E-state index contributed by atoms with van der Waals surface area (Å²) >= 11 is 5.41. The van der Waals surface area contributed by atoms with Crippen LogP contribution in [0.2, 0.25) is 0 Å². The van der Waals surface area contributed by atoms with E-state index in [4.69, 9.17) is 12.2 Å². The minimum atomic E-state index is -0.0316. The highest BCUT2D eigenvalue weighted by molar-refractivity contribution is 7.80. The molecular formula is C18H25N3O2S. The fourth-order valence-corrected chi connectivity index (χ4v) is 4.70. The summed E-state index contributed by atoms with van der Waals surface area (Å²) in [5.74, 6) is 1.38. The number of hydrogen-bond acceptors (Lipinski definition) is 4. The molecule has 0 aromatic heterocycles. The van der Waals surface area contributed by atoms with Crippen LogP contribution in [-0.2, 0) is 0 Å². The van der Waals surface area contributed by atoms with Crippen molar-refractivity contribution in [3.8, 4) is 11.5 Å². The van der Waals surface area contributed by atoms with Gasteiger partial charge in [0.1, 0.15) is 11.5 Å². The van der Waals surface area contributed by atoms with Crippen LogP contribution in [0.25, 0.3) is 0 Å². The number of phenols is 2. The van der Waals surface area contributed by atoms with Gasteiger partial charge in [-0.3, -0.25) is 5.43 Å². The molecule has 2 aliphatic rings. The molecule has 3 atom stereocenters.